The Kier molecular flexibility index (Phi) is 11.8. The zero-order valence-corrected chi connectivity index (χ0v) is 18.9. The normalized spacial score (nSPS) is 11.5. The van der Waals surface area contributed by atoms with Gasteiger partial charge in [-0.3, -0.25) is 4.79 Å². The smallest absolute Gasteiger partial charge is 0.241 e. The molecule has 1 aromatic rings. The summed E-state index contributed by atoms with van der Waals surface area (Å²) in [6.45, 7) is 9.89. The van der Waals surface area contributed by atoms with E-state index >= 15 is 0 Å². The van der Waals surface area contributed by atoms with Crippen molar-refractivity contribution >= 4 is 47.4 Å². The molecule has 5 nitrogen and oxygen atoms in total. The summed E-state index contributed by atoms with van der Waals surface area (Å²) in [4.78, 5) is 16.0. The SMILES string of the molecule is CCCNC(=O)CN=C(NCC)NCC(C)(C)c1ccc(F)cc1Cl.I. The molecule has 0 saturated heterocycles. The molecule has 0 unspecified atom stereocenters. The van der Waals surface area contributed by atoms with Crippen molar-refractivity contribution in [2.75, 3.05) is 26.2 Å². The number of hydrogen-bond acceptors (Lipinski definition) is 2. The molecule has 148 valence electrons. The van der Waals surface area contributed by atoms with Gasteiger partial charge in [0, 0.05) is 30.1 Å². The van der Waals surface area contributed by atoms with Crippen molar-refractivity contribution < 1.29 is 9.18 Å². The third-order valence-electron chi connectivity index (χ3n) is 3.66. The number of nitrogens with zero attached hydrogens (tertiary/aromatic N) is 1. The fourth-order valence-corrected chi connectivity index (χ4v) is 2.67. The molecule has 0 saturated carbocycles. The van der Waals surface area contributed by atoms with Crippen LogP contribution < -0.4 is 16.0 Å². The van der Waals surface area contributed by atoms with Crippen LogP contribution in [0.25, 0.3) is 0 Å². The summed E-state index contributed by atoms with van der Waals surface area (Å²) in [5.74, 6) is 0.0888. The van der Waals surface area contributed by atoms with E-state index < -0.39 is 0 Å². The maximum Gasteiger partial charge on any atom is 0.241 e. The number of hydrogen-bond donors (Lipinski definition) is 3. The third kappa shape index (κ3) is 8.53. The van der Waals surface area contributed by atoms with Crippen LogP contribution in [0.1, 0.15) is 39.7 Å². The van der Waals surface area contributed by atoms with E-state index in [9.17, 15) is 9.18 Å². The molecular formula is C18H29ClFIN4O. The second-order valence-corrected chi connectivity index (χ2v) is 6.81. The van der Waals surface area contributed by atoms with E-state index in [0.29, 0.717) is 30.6 Å². The van der Waals surface area contributed by atoms with Crippen molar-refractivity contribution in [3.63, 3.8) is 0 Å². The summed E-state index contributed by atoms with van der Waals surface area (Å²) in [5, 5.41) is 9.51. The number of amides is 1. The molecule has 0 atom stereocenters. The highest BCUT2D eigenvalue weighted by molar-refractivity contribution is 14.0. The highest BCUT2D eigenvalue weighted by Crippen LogP contribution is 2.29. The van der Waals surface area contributed by atoms with Crippen molar-refractivity contribution in [1.29, 1.82) is 0 Å². The maximum absolute atomic E-state index is 13.2. The second-order valence-electron chi connectivity index (χ2n) is 6.41. The lowest BCUT2D eigenvalue weighted by atomic mass is 9.84. The molecule has 0 bridgehead atoms. The Hall–Kier alpha value is -1.09. The minimum absolute atomic E-state index is 0. The third-order valence-corrected chi connectivity index (χ3v) is 3.97. The van der Waals surface area contributed by atoms with Gasteiger partial charge in [-0.2, -0.15) is 0 Å². The van der Waals surface area contributed by atoms with E-state index in [4.69, 9.17) is 11.6 Å². The van der Waals surface area contributed by atoms with Crippen LogP contribution in [0, 0.1) is 5.82 Å². The number of guanidine groups is 1. The molecule has 0 fully saturated rings. The van der Waals surface area contributed by atoms with Crippen LogP contribution in [0.4, 0.5) is 4.39 Å². The highest BCUT2D eigenvalue weighted by atomic mass is 127. The van der Waals surface area contributed by atoms with Crippen LogP contribution in [0.15, 0.2) is 23.2 Å². The van der Waals surface area contributed by atoms with E-state index in [1.165, 1.54) is 12.1 Å². The summed E-state index contributed by atoms with van der Waals surface area (Å²) < 4.78 is 13.2. The van der Waals surface area contributed by atoms with Gasteiger partial charge in [-0.25, -0.2) is 9.38 Å². The van der Waals surface area contributed by atoms with Crippen molar-refractivity contribution in [2.45, 2.75) is 39.5 Å². The Balaban J connectivity index is 0.00000625. The highest BCUT2D eigenvalue weighted by Gasteiger charge is 2.24. The van der Waals surface area contributed by atoms with Crippen LogP contribution in [-0.4, -0.2) is 38.0 Å². The number of halogens is 3. The monoisotopic (exact) mass is 498 g/mol. The molecule has 0 radical (unpaired) electrons. The van der Waals surface area contributed by atoms with E-state index in [0.717, 1.165) is 12.0 Å². The van der Waals surface area contributed by atoms with E-state index in [-0.39, 0.29) is 47.7 Å². The minimum Gasteiger partial charge on any atom is -0.357 e. The van der Waals surface area contributed by atoms with Gasteiger partial charge < -0.3 is 16.0 Å². The average Bonchev–Trinajstić information content (AvgIpc) is 2.55. The Bertz CT molecular complexity index is 611. The molecule has 26 heavy (non-hydrogen) atoms. The Morgan fingerprint density at radius 3 is 2.50 bits per heavy atom. The summed E-state index contributed by atoms with van der Waals surface area (Å²) in [6.07, 6.45) is 0.889. The molecule has 0 aliphatic heterocycles. The number of nitrogens with one attached hydrogen (secondary N) is 3. The lowest BCUT2D eigenvalue weighted by molar-refractivity contribution is -0.119. The fourth-order valence-electron chi connectivity index (χ4n) is 2.25. The average molecular weight is 499 g/mol. The van der Waals surface area contributed by atoms with E-state index in [2.05, 4.69) is 20.9 Å². The molecule has 0 aliphatic rings. The predicted octanol–water partition coefficient (Wildman–Crippen LogP) is 3.46. The van der Waals surface area contributed by atoms with Gasteiger partial charge in [0.25, 0.3) is 0 Å². The first-order valence-electron chi connectivity index (χ1n) is 8.54. The molecule has 0 aromatic heterocycles. The molecule has 0 spiro atoms. The van der Waals surface area contributed by atoms with Crippen LogP contribution in [-0.2, 0) is 10.2 Å². The summed E-state index contributed by atoms with van der Waals surface area (Å²) >= 11 is 6.18. The molecule has 3 N–H and O–H groups in total. The first-order valence-corrected chi connectivity index (χ1v) is 8.92. The largest absolute Gasteiger partial charge is 0.357 e. The maximum atomic E-state index is 13.2. The standard InChI is InChI=1S/C18H28ClFN4O.HI/c1-5-9-22-16(25)11-23-17(21-6-2)24-12-18(3,4)14-8-7-13(20)10-15(14)19;/h7-8,10H,5-6,9,11-12H2,1-4H3,(H,22,25)(H2,21,23,24);1H. The van der Waals surface area contributed by atoms with Crippen LogP contribution in [0.2, 0.25) is 5.02 Å². The molecule has 0 aliphatic carbocycles. The van der Waals surface area contributed by atoms with Gasteiger partial charge in [0.05, 0.1) is 0 Å². The number of rotatable bonds is 8. The second kappa shape index (κ2) is 12.3. The molecule has 1 amide bonds. The van der Waals surface area contributed by atoms with Gasteiger partial charge >= 0.3 is 0 Å². The lowest BCUT2D eigenvalue weighted by Gasteiger charge is -2.27. The van der Waals surface area contributed by atoms with Crippen molar-refractivity contribution in [3.05, 3.63) is 34.6 Å². The van der Waals surface area contributed by atoms with Gasteiger partial charge in [0.15, 0.2) is 5.96 Å². The molecule has 0 heterocycles. The van der Waals surface area contributed by atoms with Crippen LogP contribution in [0.3, 0.4) is 0 Å². The van der Waals surface area contributed by atoms with E-state index in [1.54, 1.807) is 6.07 Å². The minimum atomic E-state index is -0.356. The quantitative estimate of drug-likeness (QED) is 0.292. The van der Waals surface area contributed by atoms with E-state index in [1.807, 2.05) is 27.7 Å². The summed E-state index contributed by atoms with van der Waals surface area (Å²) in [5.41, 5.74) is 0.505. The van der Waals surface area contributed by atoms with Crippen molar-refractivity contribution in [1.82, 2.24) is 16.0 Å². The number of benzene rings is 1. The Labute approximate surface area is 177 Å². The van der Waals surface area contributed by atoms with Crippen molar-refractivity contribution in [2.24, 2.45) is 4.99 Å². The van der Waals surface area contributed by atoms with Crippen molar-refractivity contribution in [3.8, 4) is 0 Å². The molecular weight excluding hydrogens is 470 g/mol. The molecule has 8 heteroatoms. The lowest BCUT2D eigenvalue weighted by Crippen LogP contribution is -2.44. The number of carbonyl (C=O) groups is 1. The number of aliphatic imine (C=N–C) groups is 1. The first-order chi connectivity index (χ1) is 11.8. The Morgan fingerprint density at radius 1 is 1.23 bits per heavy atom. The van der Waals surface area contributed by atoms with Crippen LogP contribution >= 0.6 is 35.6 Å². The fraction of sp³-hybridized carbons (Fsp3) is 0.556. The molecule has 1 aromatic carbocycles. The predicted molar refractivity (Wildman–Crippen MR) is 117 cm³/mol. The zero-order valence-electron chi connectivity index (χ0n) is 15.8. The topological polar surface area (TPSA) is 65.5 Å². The van der Waals surface area contributed by atoms with Gasteiger partial charge in [0.2, 0.25) is 5.91 Å². The Morgan fingerprint density at radius 2 is 1.92 bits per heavy atom. The van der Waals surface area contributed by atoms with Gasteiger partial charge in [0.1, 0.15) is 12.4 Å². The number of carbonyl (C=O) groups excluding carboxylic acids is 1. The van der Waals surface area contributed by atoms with Crippen LogP contribution in [0.5, 0.6) is 0 Å². The summed E-state index contributed by atoms with van der Waals surface area (Å²) in [6, 6.07) is 4.41. The van der Waals surface area contributed by atoms with Gasteiger partial charge in [-0.15, -0.1) is 24.0 Å². The summed E-state index contributed by atoms with van der Waals surface area (Å²) in [7, 11) is 0. The molecule has 1 rings (SSSR count). The first kappa shape index (κ1) is 24.9. The van der Waals surface area contributed by atoms with Gasteiger partial charge in [-0.05, 0) is 31.0 Å². The zero-order chi connectivity index (χ0) is 18.9. The van der Waals surface area contributed by atoms with Gasteiger partial charge in [-0.1, -0.05) is 38.4 Å².